The Kier molecular flexibility index (Phi) is 5.46. The van der Waals surface area contributed by atoms with Crippen molar-refractivity contribution in [2.45, 2.75) is 44.6 Å². The predicted octanol–water partition coefficient (Wildman–Crippen LogP) is 1.88. The van der Waals surface area contributed by atoms with E-state index in [0.29, 0.717) is 24.0 Å². The third kappa shape index (κ3) is 4.56. The van der Waals surface area contributed by atoms with Gasteiger partial charge in [0.15, 0.2) is 0 Å². The number of benzene rings is 1. The molecule has 6 heteroatoms. The molecule has 0 amide bonds. The summed E-state index contributed by atoms with van der Waals surface area (Å²) in [6, 6.07) is 2.41. The molecule has 0 spiro atoms. The minimum atomic E-state index is -3.63. The van der Waals surface area contributed by atoms with Crippen molar-refractivity contribution in [3.63, 3.8) is 0 Å². The molecule has 4 nitrogen and oxygen atoms in total. The summed E-state index contributed by atoms with van der Waals surface area (Å²) in [5.41, 5.74) is 0.779. The van der Waals surface area contributed by atoms with Crippen molar-refractivity contribution in [3.8, 4) is 0 Å². The van der Waals surface area contributed by atoms with Crippen LogP contribution in [-0.4, -0.2) is 26.2 Å². The lowest BCUT2D eigenvalue weighted by molar-refractivity contribution is 0.182. The highest BCUT2D eigenvalue weighted by atomic mass is 32.2. The van der Waals surface area contributed by atoms with Gasteiger partial charge in [-0.15, -0.1) is 0 Å². The maximum absolute atomic E-state index is 13.1. The van der Waals surface area contributed by atoms with Gasteiger partial charge in [0, 0.05) is 6.54 Å². The van der Waals surface area contributed by atoms with Crippen molar-refractivity contribution >= 4 is 10.0 Å². The Bertz CT molecular complexity index is 518. The Labute approximate surface area is 113 Å². The monoisotopic (exact) mass is 289 g/mol. The second kappa shape index (κ2) is 6.45. The van der Waals surface area contributed by atoms with E-state index in [1.807, 2.05) is 0 Å². The molecule has 0 fully saturated rings. The smallest absolute Gasteiger partial charge is 0.241 e. The summed E-state index contributed by atoms with van der Waals surface area (Å²) in [6.07, 6.45) is 0.638. The van der Waals surface area contributed by atoms with Gasteiger partial charge in [-0.2, -0.15) is 0 Å². The largest absolute Gasteiger partial charge is 0.393 e. The van der Waals surface area contributed by atoms with Gasteiger partial charge < -0.3 is 5.11 Å². The van der Waals surface area contributed by atoms with Crippen LogP contribution in [0.1, 0.15) is 30.9 Å². The highest BCUT2D eigenvalue weighted by Crippen LogP contribution is 2.21. The molecule has 108 valence electrons. The summed E-state index contributed by atoms with van der Waals surface area (Å²) >= 11 is 0. The Hall–Kier alpha value is -0.980. The standard InChI is InChI=1S/C13H20FNO3S/c1-9-7-12(14)8-10(2)13(9)19(17,18)15-6-4-5-11(3)16/h7-8,11,15-16H,4-6H2,1-3H3. The summed E-state index contributed by atoms with van der Waals surface area (Å²) in [7, 11) is -3.63. The van der Waals surface area contributed by atoms with Crippen molar-refractivity contribution in [2.75, 3.05) is 6.54 Å². The molecule has 2 N–H and O–H groups in total. The second-order valence-electron chi connectivity index (χ2n) is 4.76. The van der Waals surface area contributed by atoms with Crippen LogP contribution in [0.25, 0.3) is 0 Å². The number of rotatable bonds is 6. The third-order valence-electron chi connectivity index (χ3n) is 2.78. The molecule has 0 radical (unpaired) electrons. The van der Waals surface area contributed by atoms with Crippen molar-refractivity contribution in [2.24, 2.45) is 0 Å². The molecular weight excluding hydrogens is 269 g/mol. The zero-order chi connectivity index (χ0) is 14.6. The lowest BCUT2D eigenvalue weighted by atomic mass is 10.1. The lowest BCUT2D eigenvalue weighted by Crippen LogP contribution is -2.26. The van der Waals surface area contributed by atoms with E-state index in [4.69, 9.17) is 5.11 Å². The molecule has 0 saturated heterocycles. The summed E-state index contributed by atoms with van der Waals surface area (Å²) in [5.74, 6) is -0.442. The van der Waals surface area contributed by atoms with Crippen LogP contribution >= 0.6 is 0 Å². The maximum atomic E-state index is 13.1. The van der Waals surface area contributed by atoms with Gasteiger partial charge in [0.25, 0.3) is 0 Å². The van der Waals surface area contributed by atoms with Gasteiger partial charge in [0.1, 0.15) is 5.82 Å². The molecule has 0 aromatic heterocycles. The minimum absolute atomic E-state index is 0.131. The number of halogens is 1. The molecular formula is C13H20FNO3S. The molecule has 1 unspecified atom stereocenters. The first-order chi connectivity index (χ1) is 8.74. The van der Waals surface area contributed by atoms with Crippen LogP contribution in [0.3, 0.4) is 0 Å². The summed E-state index contributed by atoms with van der Waals surface area (Å²) in [5, 5.41) is 9.10. The molecule has 0 aliphatic heterocycles. The molecule has 1 aromatic rings. The van der Waals surface area contributed by atoms with E-state index in [1.54, 1.807) is 20.8 Å². The number of hydrogen-bond donors (Lipinski definition) is 2. The Morgan fingerprint density at radius 3 is 2.32 bits per heavy atom. The first kappa shape index (κ1) is 16.1. The van der Waals surface area contributed by atoms with E-state index in [9.17, 15) is 12.8 Å². The van der Waals surface area contributed by atoms with Gasteiger partial charge in [-0.3, -0.25) is 0 Å². The van der Waals surface area contributed by atoms with Crippen molar-refractivity contribution in [1.29, 1.82) is 0 Å². The molecule has 1 rings (SSSR count). The molecule has 19 heavy (non-hydrogen) atoms. The van der Waals surface area contributed by atoms with Crippen LogP contribution in [-0.2, 0) is 10.0 Å². The Morgan fingerprint density at radius 1 is 1.32 bits per heavy atom. The quantitative estimate of drug-likeness (QED) is 0.786. The van der Waals surface area contributed by atoms with E-state index in [2.05, 4.69) is 4.72 Å². The number of sulfonamides is 1. The van der Waals surface area contributed by atoms with Gasteiger partial charge in [0.05, 0.1) is 11.0 Å². The average molecular weight is 289 g/mol. The van der Waals surface area contributed by atoms with Gasteiger partial charge in [-0.1, -0.05) is 0 Å². The SMILES string of the molecule is Cc1cc(F)cc(C)c1S(=O)(=O)NCCCC(C)O. The second-order valence-corrected chi connectivity index (χ2v) is 6.46. The third-order valence-corrected chi connectivity index (χ3v) is 4.55. The van der Waals surface area contributed by atoms with Gasteiger partial charge in [0.2, 0.25) is 10.0 Å². The molecule has 0 aliphatic carbocycles. The molecule has 0 heterocycles. The number of aryl methyl sites for hydroxylation is 2. The Balaban J connectivity index is 2.84. The first-order valence-electron chi connectivity index (χ1n) is 6.18. The van der Waals surface area contributed by atoms with Gasteiger partial charge in [-0.25, -0.2) is 17.5 Å². The topological polar surface area (TPSA) is 66.4 Å². The summed E-state index contributed by atoms with van der Waals surface area (Å²) in [4.78, 5) is 0.131. The van der Waals surface area contributed by atoms with E-state index in [1.165, 1.54) is 12.1 Å². The number of nitrogens with one attached hydrogen (secondary N) is 1. The van der Waals surface area contributed by atoms with Gasteiger partial charge >= 0.3 is 0 Å². The summed E-state index contributed by atoms with van der Waals surface area (Å²) < 4.78 is 39.9. The molecule has 1 atom stereocenters. The van der Waals surface area contributed by atoms with E-state index in [-0.39, 0.29) is 11.4 Å². The van der Waals surface area contributed by atoms with Gasteiger partial charge in [-0.05, 0) is 56.9 Å². The average Bonchev–Trinajstić information content (AvgIpc) is 2.22. The van der Waals surface area contributed by atoms with Crippen LogP contribution in [0.2, 0.25) is 0 Å². The molecule has 0 bridgehead atoms. The summed E-state index contributed by atoms with van der Waals surface area (Å²) in [6.45, 7) is 5.05. The molecule has 0 saturated carbocycles. The maximum Gasteiger partial charge on any atom is 0.241 e. The van der Waals surface area contributed by atoms with Crippen LogP contribution < -0.4 is 4.72 Å². The Morgan fingerprint density at radius 2 is 1.84 bits per heavy atom. The van der Waals surface area contributed by atoms with E-state index >= 15 is 0 Å². The van der Waals surface area contributed by atoms with Crippen molar-refractivity contribution < 1.29 is 17.9 Å². The van der Waals surface area contributed by atoms with Crippen LogP contribution in [0.5, 0.6) is 0 Å². The van der Waals surface area contributed by atoms with E-state index in [0.717, 1.165) is 0 Å². The zero-order valence-corrected chi connectivity index (χ0v) is 12.2. The minimum Gasteiger partial charge on any atom is -0.393 e. The van der Waals surface area contributed by atoms with Crippen LogP contribution in [0.4, 0.5) is 4.39 Å². The fraction of sp³-hybridized carbons (Fsp3) is 0.538. The van der Waals surface area contributed by atoms with Crippen LogP contribution in [0.15, 0.2) is 17.0 Å². The lowest BCUT2D eigenvalue weighted by Gasteiger charge is -2.12. The fourth-order valence-corrected chi connectivity index (χ4v) is 3.52. The fourth-order valence-electron chi connectivity index (χ4n) is 2.00. The first-order valence-corrected chi connectivity index (χ1v) is 7.67. The molecule has 0 aliphatic rings. The highest BCUT2D eigenvalue weighted by molar-refractivity contribution is 7.89. The number of hydrogen-bond acceptors (Lipinski definition) is 3. The van der Waals surface area contributed by atoms with Crippen molar-refractivity contribution in [3.05, 3.63) is 29.1 Å². The number of aliphatic hydroxyl groups is 1. The highest BCUT2D eigenvalue weighted by Gasteiger charge is 2.19. The predicted molar refractivity (Wildman–Crippen MR) is 72.0 cm³/mol. The van der Waals surface area contributed by atoms with E-state index < -0.39 is 21.9 Å². The molecule has 1 aromatic carbocycles. The zero-order valence-electron chi connectivity index (χ0n) is 11.4. The normalized spacial score (nSPS) is 13.5. The van der Waals surface area contributed by atoms with Crippen LogP contribution in [0, 0.1) is 19.7 Å². The number of aliphatic hydroxyl groups excluding tert-OH is 1. The van der Waals surface area contributed by atoms with Crippen molar-refractivity contribution in [1.82, 2.24) is 4.72 Å².